The molecule has 0 aliphatic rings. The number of halogens is 1. The summed E-state index contributed by atoms with van der Waals surface area (Å²) in [5, 5.41) is 7.57. The van der Waals surface area contributed by atoms with Crippen molar-refractivity contribution in [1.82, 2.24) is 0 Å². The standard InChI is InChI=1S/C13H13FN2O2S/c14-11-1-3-12(4-2-11)17-6-7-18-16-13(15)10-5-8-19-9-10/h1-5,8-9H,6-7H2,(H2,15,16). The zero-order chi connectivity index (χ0) is 13.5. The van der Waals surface area contributed by atoms with Gasteiger partial charge in [-0.1, -0.05) is 5.16 Å². The van der Waals surface area contributed by atoms with E-state index in [4.69, 9.17) is 15.3 Å². The molecule has 2 aromatic rings. The Morgan fingerprint density at radius 1 is 1.21 bits per heavy atom. The molecule has 0 aliphatic carbocycles. The molecule has 4 nitrogen and oxygen atoms in total. The zero-order valence-corrected chi connectivity index (χ0v) is 10.9. The molecule has 100 valence electrons. The molecule has 0 atom stereocenters. The van der Waals surface area contributed by atoms with E-state index in [2.05, 4.69) is 5.16 Å². The first-order chi connectivity index (χ1) is 9.25. The van der Waals surface area contributed by atoms with Crippen LogP contribution in [0.1, 0.15) is 5.56 Å². The van der Waals surface area contributed by atoms with Gasteiger partial charge in [0.2, 0.25) is 0 Å². The van der Waals surface area contributed by atoms with Gasteiger partial charge in [0.25, 0.3) is 0 Å². The van der Waals surface area contributed by atoms with Crippen LogP contribution in [-0.2, 0) is 4.84 Å². The predicted molar refractivity (Wildman–Crippen MR) is 72.9 cm³/mol. The third-order valence-electron chi connectivity index (χ3n) is 2.24. The Morgan fingerprint density at radius 3 is 2.68 bits per heavy atom. The second-order valence-electron chi connectivity index (χ2n) is 3.62. The first-order valence-electron chi connectivity index (χ1n) is 5.62. The van der Waals surface area contributed by atoms with Crippen LogP contribution >= 0.6 is 11.3 Å². The Morgan fingerprint density at radius 2 is 2.00 bits per heavy atom. The van der Waals surface area contributed by atoms with Crippen molar-refractivity contribution >= 4 is 17.2 Å². The van der Waals surface area contributed by atoms with Gasteiger partial charge in [-0.3, -0.25) is 0 Å². The van der Waals surface area contributed by atoms with Crippen LogP contribution in [-0.4, -0.2) is 19.0 Å². The van der Waals surface area contributed by atoms with Crippen molar-refractivity contribution in [2.45, 2.75) is 0 Å². The Bertz CT molecular complexity index is 526. The maximum atomic E-state index is 12.6. The van der Waals surface area contributed by atoms with E-state index < -0.39 is 0 Å². The number of oxime groups is 1. The van der Waals surface area contributed by atoms with Gasteiger partial charge in [0.05, 0.1) is 0 Å². The van der Waals surface area contributed by atoms with Gasteiger partial charge < -0.3 is 15.3 Å². The van der Waals surface area contributed by atoms with Crippen LogP contribution in [0.5, 0.6) is 5.75 Å². The van der Waals surface area contributed by atoms with Crippen LogP contribution in [0.25, 0.3) is 0 Å². The first-order valence-corrected chi connectivity index (χ1v) is 6.56. The van der Waals surface area contributed by atoms with Gasteiger partial charge in [-0.2, -0.15) is 11.3 Å². The fourth-order valence-electron chi connectivity index (χ4n) is 1.31. The van der Waals surface area contributed by atoms with Crippen molar-refractivity contribution in [1.29, 1.82) is 0 Å². The summed E-state index contributed by atoms with van der Waals surface area (Å²) < 4.78 is 18.0. The predicted octanol–water partition coefficient (Wildman–Crippen LogP) is 2.60. The number of thiophene rings is 1. The summed E-state index contributed by atoms with van der Waals surface area (Å²) in [6.45, 7) is 0.578. The Kier molecular flexibility index (Phi) is 4.74. The summed E-state index contributed by atoms with van der Waals surface area (Å²) in [5.74, 6) is 0.625. The lowest BCUT2D eigenvalue weighted by atomic mass is 10.3. The molecule has 1 aromatic carbocycles. The molecule has 1 heterocycles. The van der Waals surface area contributed by atoms with Gasteiger partial charge in [0, 0.05) is 10.9 Å². The van der Waals surface area contributed by atoms with E-state index in [0.29, 0.717) is 18.2 Å². The van der Waals surface area contributed by atoms with Crippen LogP contribution in [0.2, 0.25) is 0 Å². The third-order valence-corrected chi connectivity index (χ3v) is 2.92. The fourth-order valence-corrected chi connectivity index (χ4v) is 1.96. The molecule has 1 aromatic heterocycles. The molecular weight excluding hydrogens is 267 g/mol. The number of rotatable bonds is 6. The molecule has 0 unspecified atom stereocenters. The summed E-state index contributed by atoms with van der Waals surface area (Å²) in [5.41, 5.74) is 6.54. The highest BCUT2D eigenvalue weighted by atomic mass is 32.1. The number of hydrogen-bond acceptors (Lipinski definition) is 4. The Balaban J connectivity index is 1.70. The van der Waals surface area contributed by atoms with Gasteiger partial charge in [0.1, 0.15) is 18.2 Å². The van der Waals surface area contributed by atoms with Crippen molar-refractivity contribution in [3.63, 3.8) is 0 Å². The number of hydrogen-bond donors (Lipinski definition) is 1. The van der Waals surface area contributed by atoms with Gasteiger partial charge >= 0.3 is 0 Å². The van der Waals surface area contributed by atoms with Crippen LogP contribution < -0.4 is 10.5 Å². The quantitative estimate of drug-likeness (QED) is 0.383. The van der Waals surface area contributed by atoms with Crippen LogP contribution in [0.4, 0.5) is 4.39 Å². The molecule has 6 heteroatoms. The highest BCUT2D eigenvalue weighted by Gasteiger charge is 1.99. The van der Waals surface area contributed by atoms with Crippen molar-refractivity contribution in [3.05, 3.63) is 52.5 Å². The number of nitrogens with zero attached hydrogens (tertiary/aromatic N) is 1. The summed E-state index contributed by atoms with van der Waals surface area (Å²) in [6.07, 6.45) is 0. The van der Waals surface area contributed by atoms with E-state index in [1.165, 1.54) is 23.5 Å². The molecular formula is C13H13FN2O2S. The monoisotopic (exact) mass is 280 g/mol. The minimum Gasteiger partial charge on any atom is -0.490 e. The maximum Gasteiger partial charge on any atom is 0.171 e. The maximum absolute atomic E-state index is 12.6. The molecule has 0 spiro atoms. The van der Waals surface area contributed by atoms with E-state index in [-0.39, 0.29) is 12.4 Å². The lowest BCUT2D eigenvalue weighted by molar-refractivity contribution is 0.107. The van der Waals surface area contributed by atoms with Gasteiger partial charge in [-0.05, 0) is 35.7 Å². The second kappa shape index (κ2) is 6.75. The average Bonchev–Trinajstić information content (AvgIpc) is 2.94. The summed E-state index contributed by atoms with van der Waals surface area (Å²) in [4.78, 5) is 5.03. The SMILES string of the molecule is N/C(=N\OCCOc1ccc(F)cc1)c1ccsc1. The minimum atomic E-state index is -0.295. The number of benzene rings is 1. The lowest BCUT2D eigenvalue weighted by Gasteiger charge is -2.05. The normalized spacial score (nSPS) is 11.3. The number of amidine groups is 1. The zero-order valence-electron chi connectivity index (χ0n) is 10.1. The average molecular weight is 280 g/mol. The lowest BCUT2D eigenvalue weighted by Crippen LogP contribution is -2.14. The molecule has 0 aliphatic heterocycles. The fraction of sp³-hybridized carbons (Fsp3) is 0.154. The second-order valence-corrected chi connectivity index (χ2v) is 4.40. The molecule has 0 saturated heterocycles. The van der Waals surface area contributed by atoms with Crippen molar-refractivity contribution in [2.75, 3.05) is 13.2 Å². The first kappa shape index (κ1) is 13.4. The van der Waals surface area contributed by atoms with Gasteiger partial charge in [0.15, 0.2) is 12.4 Å². The van der Waals surface area contributed by atoms with Crippen molar-refractivity contribution in [2.24, 2.45) is 10.9 Å². The van der Waals surface area contributed by atoms with Crippen molar-refractivity contribution < 1.29 is 14.0 Å². The van der Waals surface area contributed by atoms with Crippen LogP contribution in [0.3, 0.4) is 0 Å². The van der Waals surface area contributed by atoms with E-state index in [9.17, 15) is 4.39 Å². The molecule has 19 heavy (non-hydrogen) atoms. The molecule has 0 bridgehead atoms. The number of ether oxygens (including phenoxy) is 1. The topological polar surface area (TPSA) is 56.8 Å². The smallest absolute Gasteiger partial charge is 0.171 e. The van der Waals surface area contributed by atoms with Crippen molar-refractivity contribution in [3.8, 4) is 5.75 Å². The highest BCUT2D eigenvalue weighted by Crippen LogP contribution is 2.10. The molecule has 0 radical (unpaired) electrons. The van der Waals surface area contributed by atoms with E-state index >= 15 is 0 Å². The molecule has 2 rings (SSSR count). The van der Waals surface area contributed by atoms with Crippen LogP contribution in [0, 0.1) is 5.82 Å². The van der Waals surface area contributed by atoms with Gasteiger partial charge in [-0.15, -0.1) is 0 Å². The van der Waals surface area contributed by atoms with Crippen LogP contribution in [0.15, 0.2) is 46.2 Å². The molecule has 2 N–H and O–H groups in total. The third kappa shape index (κ3) is 4.26. The van der Waals surface area contributed by atoms with Gasteiger partial charge in [-0.25, -0.2) is 4.39 Å². The molecule has 0 fully saturated rings. The van der Waals surface area contributed by atoms with E-state index in [1.807, 2.05) is 16.8 Å². The Labute approximate surface area is 114 Å². The highest BCUT2D eigenvalue weighted by molar-refractivity contribution is 7.08. The number of nitrogens with two attached hydrogens (primary N) is 1. The van der Waals surface area contributed by atoms with E-state index in [0.717, 1.165) is 5.56 Å². The molecule has 0 amide bonds. The molecule has 0 saturated carbocycles. The largest absolute Gasteiger partial charge is 0.490 e. The summed E-state index contributed by atoms with van der Waals surface area (Å²) in [6, 6.07) is 7.64. The minimum absolute atomic E-state index is 0.266. The Hall–Kier alpha value is -2.08. The van der Waals surface area contributed by atoms with E-state index in [1.54, 1.807) is 12.1 Å². The summed E-state index contributed by atoms with van der Waals surface area (Å²) in [7, 11) is 0. The summed E-state index contributed by atoms with van der Waals surface area (Å²) >= 11 is 1.54.